The number of likely N-dealkylation sites (N-methyl/N-ethyl adjacent to an activating group) is 1. The van der Waals surface area contributed by atoms with Crippen LogP contribution in [0.4, 0.5) is 10.2 Å². The zero-order valence-corrected chi connectivity index (χ0v) is 16.6. The maximum absolute atomic E-state index is 14.4. The third-order valence-corrected chi connectivity index (χ3v) is 6.24. The molecule has 0 unspecified atom stereocenters. The molecule has 158 valence electrons. The summed E-state index contributed by atoms with van der Waals surface area (Å²) in [4.78, 5) is 10.2. The molecule has 0 spiro atoms. The Morgan fingerprint density at radius 1 is 1.23 bits per heavy atom. The van der Waals surface area contributed by atoms with Gasteiger partial charge in [-0.25, -0.2) is 14.4 Å². The number of nitrogen functional groups attached to an aromatic ring is 1. The number of nitrogens with zero attached hydrogens (tertiary/aromatic N) is 4. The van der Waals surface area contributed by atoms with Gasteiger partial charge in [-0.15, -0.1) is 0 Å². The van der Waals surface area contributed by atoms with Gasteiger partial charge in [0.05, 0.1) is 11.4 Å². The van der Waals surface area contributed by atoms with Gasteiger partial charge >= 0.3 is 0 Å². The minimum atomic E-state index is -1.13. The molecule has 1 aliphatic carbocycles. The van der Waals surface area contributed by atoms with E-state index in [-0.39, 0.29) is 16.9 Å². The average molecular weight is 413 g/mol. The van der Waals surface area contributed by atoms with Crippen LogP contribution in [-0.4, -0.2) is 61.6 Å². The summed E-state index contributed by atoms with van der Waals surface area (Å²) in [7, 11) is 2.08. The van der Waals surface area contributed by atoms with Crippen molar-refractivity contribution >= 4 is 16.9 Å². The highest BCUT2D eigenvalue weighted by Gasteiger charge is 2.45. The summed E-state index contributed by atoms with van der Waals surface area (Å²) in [6.45, 7) is 1.78. The van der Waals surface area contributed by atoms with Crippen LogP contribution in [0.5, 0.6) is 5.75 Å². The first-order valence-corrected chi connectivity index (χ1v) is 10.0. The predicted molar refractivity (Wildman–Crippen MR) is 108 cm³/mol. The van der Waals surface area contributed by atoms with E-state index in [1.54, 1.807) is 0 Å². The Balaban J connectivity index is 1.44. The third-order valence-electron chi connectivity index (χ3n) is 6.24. The Hall–Kier alpha value is -2.75. The van der Waals surface area contributed by atoms with E-state index in [1.807, 2.05) is 12.1 Å². The Morgan fingerprint density at radius 2 is 2.07 bits per heavy atom. The molecule has 9 heteroatoms. The summed E-state index contributed by atoms with van der Waals surface area (Å²) in [5.41, 5.74) is 8.42. The molecule has 3 heterocycles. The molecule has 30 heavy (non-hydrogen) atoms. The zero-order valence-electron chi connectivity index (χ0n) is 16.6. The second-order valence-electron chi connectivity index (χ2n) is 8.16. The van der Waals surface area contributed by atoms with Crippen LogP contribution in [0.25, 0.3) is 11.0 Å². The summed E-state index contributed by atoms with van der Waals surface area (Å²) < 4.78 is 22.2. The lowest BCUT2D eigenvalue weighted by molar-refractivity contribution is -0.0167. The van der Waals surface area contributed by atoms with Crippen molar-refractivity contribution in [2.45, 2.75) is 43.7 Å². The van der Waals surface area contributed by atoms with Crippen molar-refractivity contribution in [2.24, 2.45) is 0 Å². The van der Waals surface area contributed by atoms with Gasteiger partial charge in [-0.05, 0) is 30.7 Å². The van der Waals surface area contributed by atoms with Crippen LogP contribution in [0, 0.1) is 5.82 Å². The first-order chi connectivity index (χ1) is 14.4. The molecule has 1 aliphatic heterocycles. The number of aliphatic hydroxyl groups is 2. The molecule has 0 bridgehead atoms. The number of aliphatic hydroxyl groups excluding tert-OH is 2. The summed E-state index contributed by atoms with van der Waals surface area (Å²) in [5, 5.41) is 21.5. The molecule has 8 nitrogen and oxygen atoms in total. The summed E-state index contributed by atoms with van der Waals surface area (Å²) in [6, 6.07) is 5.32. The van der Waals surface area contributed by atoms with Crippen molar-refractivity contribution in [2.75, 3.05) is 19.3 Å². The van der Waals surface area contributed by atoms with Gasteiger partial charge < -0.3 is 30.2 Å². The Kier molecular flexibility index (Phi) is 4.61. The maximum atomic E-state index is 14.4. The van der Waals surface area contributed by atoms with Gasteiger partial charge in [-0.2, -0.15) is 0 Å². The van der Waals surface area contributed by atoms with Gasteiger partial charge in [0.15, 0.2) is 5.82 Å². The van der Waals surface area contributed by atoms with Crippen LogP contribution in [-0.2, 0) is 13.0 Å². The average Bonchev–Trinajstić information content (AvgIpc) is 3.20. The molecule has 2 aromatic heterocycles. The highest BCUT2D eigenvalue weighted by atomic mass is 19.1. The Morgan fingerprint density at radius 3 is 2.90 bits per heavy atom. The number of rotatable bonds is 3. The maximum Gasteiger partial charge on any atom is 0.154 e. The molecule has 0 saturated heterocycles. The fraction of sp³-hybridized carbons (Fsp3) is 0.429. The summed E-state index contributed by atoms with van der Waals surface area (Å²) >= 11 is 0. The lowest BCUT2D eigenvalue weighted by Crippen LogP contribution is -2.34. The second-order valence-corrected chi connectivity index (χ2v) is 8.16. The fourth-order valence-electron chi connectivity index (χ4n) is 4.66. The van der Waals surface area contributed by atoms with Gasteiger partial charge in [0.1, 0.15) is 41.9 Å². The van der Waals surface area contributed by atoms with Crippen LogP contribution in [0.1, 0.15) is 23.6 Å². The van der Waals surface area contributed by atoms with Crippen LogP contribution in [0.15, 0.2) is 30.7 Å². The van der Waals surface area contributed by atoms with Crippen LogP contribution >= 0.6 is 0 Å². The lowest BCUT2D eigenvalue weighted by atomic mass is 9.99. The molecule has 3 aromatic rings. The number of nitrogens with two attached hydrogens (primary N) is 1. The van der Waals surface area contributed by atoms with Gasteiger partial charge in [-0.3, -0.25) is 0 Å². The van der Waals surface area contributed by atoms with Crippen LogP contribution in [0.2, 0.25) is 0 Å². The van der Waals surface area contributed by atoms with E-state index in [1.165, 1.54) is 22.7 Å². The molecular formula is C21H24FN5O3. The number of halogens is 1. The predicted octanol–water partition coefficient (Wildman–Crippen LogP) is 1.25. The number of benzene rings is 1. The lowest BCUT2D eigenvalue weighted by Gasteiger charge is -2.28. The van der Waals surface area contributed by atoms with E-state index in [0.717, 1.165) is 30.8 Å². The van der Waals surface area contributed by atoms with E-state index < -0.39 is 30.2 Å². The van der Waals surface area contributed by atoms with Gasteiger partial charge in [0.25, 0.3) is 0 Å². The van der Waals surface area contributed by atoms with Crippen molar-refractivity contribution in [3.8, 4) is 5.75 Å². The molecular weight excluding hydrogens is 389 g/mol. The molecule has 4 N–H and O–H groups in total. The smallest absolute Gasteiger partial charge is 0.154 e. The van der Waals surface area contributed by atoms with E-state index in [2.05, 4.69) is 28.0 Å². The molecule has 5 rings (SSSR count). The molecule has 1 saturated carbocycles. The van der Waals surface area contributed by atoms with Gasteiger partial charge in [0, 0.05) is 25.7 Å². The minimum Gasteiger partial charge on any atom is -0.487 e. The van der Waals surface area contributed by atoms with E-state index in [4.69, 9.17) is 10.5 Å². The number of fused-ring (bicyclic) bond motifs is 2. The summed E-state index contributed by atoms with van der Waals surface area (Å²) in [6.07, 6.45) is 0.796. The van der Waals surface area contributed by atoms with E-state index in [9.17, 15) is 14.6 Å². The third kappa shape index (κ3) is 3.01. The van der Waals surface area contributed by atoms with Crippen molar-refractivity contribution < 1.29 is 19.3 Å². The van der Waals surface area contributed by atoms with Crippen LogP contribution in [0.3, 0.4) is 0 Å². The number of hydrogen-bond donors (Lipinski definition) is 3. The normalized spacial score (nSPS) is 26.8. The van der Waals surface area contributed by atoms with Crippen molar-refractivity contribution in [3.63, 3.8) is 0 Å². The van der Waals surface area contributed by atoms with Crippen molar-refractivity contribution in [3.05, 3.63) is 47.7 Å². The van der Waals surface area contributed by atoms with Gasteiger partial charge in [-0.1, -0.05) is 12.1 Å². The monoisotopic (exact) mass is 413 g/mol. The standard InChI is InChI=1S/C21H24FN5O3/c1-26-6-5-12-11(8-26)3-2-4-15(12)30-16-7-14(18(28)19(16)29)27-9-13(22)17-20(23)24-10-25-21(17)27/h2-4,9-10,14,16,18-19,28-29H,5-8H2,1H3,(H2,23,24,25)/t14-,16+,18+,19-/m1/s1. The van der Waals surface area contributed by atoms with E-state index in [0.29, 0.717) is 6.42 Å². The number of ether oxygens (including phenoxy) is 1. The number of aromatic nitrogens is 3. The second kappa shape index (κ2) is 7.19. The Bertz CT molecular complexity index is 1100. The molecule has 1 fully saturated rings. The molecule has 2 aliphatic rings. The highest BCUT2D eigenvalue weighted by Crippen LogP contribution is 2.38. The first-order valence-electron chi connectivity index (χ1n) is 10.0. The molecule has 0 radical (unpaired) electrons. The SMILES string of the molecule is CN1CCc2c(cccc2O[C@H]2C[C@@H](n3cc(F)c4c(N)ncnc43)[C@H](O)[C@@H]2O)C1. The zero-order chi connectivity index (χ0) is 21.0. The fourth-order valence-corrected chi connectivity index (χ4v) is 4.66. The number of anilines is 1. The molecule has 1 aromatic carbocycles. The van der Waals surface area contributed by atoms with Crippen LogP contribution < -0.4 is 10.5 Å². The molecule has 4 atom stereocenters. The quantitative estimate of drug-likeness (QED) is 0.593. The topological polar surface area (TPSA) is 110 Å². The minimum absolute atomic E-state index is 0.0398. The Labute approximate surface area is 172 Å². The molecule has 0 amide bonds. The van der Waals surface area contributed by atoms with E-state index >= 15 is 0 Å². The van der Waals surface area contributed by atoms with Crippen molar-refractivity contribution in [1.29, 1.82) is 0 Å². The highest BCUT2D eigenvalue weighted by molar-refractivity contribution is 5.86. The van der Waals surface area contributed by atoms with Gasteiger partial charge in [0.2, 0.25) is 0 Å². The first kappa shape index (κ1) is 19.2. The number of hydrogen-bond acceptors (Lipinski definition) is 7. The summed E-state index contributed by atoms with van der Waals surface area (Å²) in [5.74, 6) is 0.209. The largest absolute Gasteiger partial charge is 0.487 e. The van der Waals surface area contributed by atoms with Crippen molar-refractivity contribution in [1.82, 2.24) is 19.4 Å².